The molecule has 1 rings (SSSR count). The summed E-state index contributed by atoms with van der Waals surface area (Å²) in [6.45, 7) is 5.47. The second kappa shape index (κ2) is 7.23. The summed E-state index contributed by atoms with van der Waals surface area (Å²) >= 11 is 0. The normalized spacial score (nSPS) is 11.6. The Morgan fingerprint density at radius 1 is 1.25 bits per heavy atom. The minimum absolute atomic E-state index is 0. The van der Waals surface area contributed by atoms with Crippen LogP contribution in [0.2, 0.25) is 0 Å². The largest absolute Gasteiger partial charge is 0.370 e. The Morgan fingerprint density at radius 3 is 2.30 bits per heavy atom. The number of sulfonamides is 1. The molecule has 0 unspecified atom stereocenters. The van der Waals surface area contributed by atoms with E-state index < -0.39 is 15.6 Å². The predicted molar refractivity (Wildman–Crippen MR) is 91.4 cm³/mol. The molecule has 0 atom stereocenters. The first-order chi connectivity index (χ1) is 8.62. The molecule has 0 saturated carbocycles. The van der Waals surface area contributed by atoms with Crippen molar-refractivity contribution in [3.05, 3.63) is 29.8 Å². The Morgan fingerprint density at radius 2 is 1.80 bits per heavy atom. The molecule has 0 saturated heterocycles. The maximum absolute atomic E-state index is 12.3. The van der Waals surface area contributed by atoms with Gasteiger partial charge in [0, 0.05) is 5.54 Å². The molecule has 0 heterocycles. The molecule has 0 amide bonds. The molecule has 0 fully saturated rings. The maximum atomic E-state index is 12.3. The van der Waals surface area contributed by atoms with Crippen LogP contribution in [0.3, 0.4) is 0 Å². The summed E-state index contributed by atoms with van der Waals surface area (Å²) in [5.74, 6) is -0.0732. The van der Waals surface area contributed by atoms with Gasteiger partial charge in [-0.2, -0.15) is 0 Å². The minimum atomic E-state index is -3.60. The molecule has 0 bridgehead atoms. The molecule has 114 valence electrons. The van der Waals surface area contributed by atoms with E-state index in [9.17, 15) is 8.42 Å². The third kappa shape index (κ3) is 6.06. The molecule has 1 aromatic carbocycles. The van der Waals surface area contributed by atoms with E-state index >= 15 is 0 Å². The molecule has 0 aromatic heterocycles. The van der Waals surface area contributed by atoms with Crippen molar-refractivity contribution in [2.45, 2.75) is 37.8 Å². The Balaban J connectivity index is 0.00000361. The van der Waals surface area contributed by atoms with Gasteiger partial charge in [-0.15, -0.1) is 24.0 Å². The predicted octanol–water partition coefficient (Wildman–Crippen LogP) is 1.15. The molecular formula is C12H21IN4O2S. The maximum Gasteiger partial charge on any atom is 0.241 e. The van der Waals surface area contributed by atoms with E-state index in [-0.39, 0.29) is 41.4 Å². The number of halogens is 1. The molecule has 1 aromatic rings. The summed E-state index contributed by atoms with van der Waals surface area (Å²) in [6, 6.07) is 6.62. The van der Waals surface area contributed by atoms with Crippen molar-refractivity contribution in [2.24, 2.45) is 16.5 Å². The summed E-state index contributed by atoms with van der Waals surface area (Å²) < 4.78 is 27.2. The fourth-order valence-corrected chi connectivity index (χ4v) is 3.18. The smallest absolute Gasteiger partial charge is 0.241 e. The van der Waals surface area contributed by atoms with Gasteiger partial charge in [0.05, 0.1) is 11.4 Å². The number of nitrogens with zero attached hydrogens (tertiary/aromatic N) is 1. The van der Waals surface area contributed by atoms with E-state index in [1.165, 1.54) is 6.07 Å². The lowest BCUT2D eigenvalue weighted by molar-refractivity contribution is 0.491. The molecule has 8 heteroatoms. The molecule has 0 aliphatic heterocycles. The van der Waals surface area contributed by atoms with Gasteiger partial charge >= 0.3 is 0 Å². The topological polar surface area (TPSA) is 111 Å². The van der Waals surface area contributed by atoms with Crippen LogP contribution in [-0.4, -0.2) is 19.9 Å². The molecule has 5 N–H and O–H groups in total. The summed E-state index contributed by atoms with van der Waals surface area (Å²) in [5.41, 5.74) is 10.5. The molecule has 0 aliphatic rings. The van der Waals surface area contributed by atoms with E-state index in [4.69, 9.17) is 11.5 Å². The summed E-state index contributed by atoms with van der Waals surface area (Å²) in [5, 5.41) is 0. The Hall–Kier alpha value is -0.870. The fraction of sp³-hybridized carbons (Fsp3) is 0.417. The van der Waals surface area contributed by atoms with E-state index in [2.05, 4.69) is 9.71 Å². The average molecular weight is 412 g/mol. The van der Waals surface area contributed by atoms with E-state index in [0.29, 0.717) is 5.56 Å². The number of hydrogen-bond donors (Lipinski definition) is 3. The first kappa shape index (κ1) is 19.1. The quantitative estimate of drug-likeness (QED) is 0.392. The van der Waals surface area contributed by atoms with Crippen molar-refractivity contribution in [3.8, 4) is 0 Å². The van der Waals surface area contributed by atoms with Gasteiger partial charge in [-0.25, -0.2) is 18.1 Å². The zero-order chi connectivity index (χ0) is 14.7. The van der Waals surface area contributed by atoms with Crippen molar-refractivity contribution in [1.29, 1.82) is 0 Å². The first-order valence-electron chi connectivity index (χ1n) is 5.79. The number of hydrogen-bond acceptors (Lipinski definition) is 3. The Bertz CT molecular complexity index is 575. The standard InChI is InChI=1S/C12H20N4O2S.HI/c1-12(2,3)16-19(17,18)10-7-5-4-6-9(10)8-15-11(13)14;/h4-7,16H,8H2,1-3H3,(H4,13,14,15);1H. The van der Waals surface area contributed by atoms with Gasteiger partial charge in [0.15, 0.2) is 5.96 Å². The van der Waals surface area contributed by atoms with Gasteiger partial charge in [0.25, 0.3) is 0 Å². The molecule has 6 nitrogen and oxygen atoms in total. The lowest BCUT2D eigenvalue weighted by atomic mass is 10.1. The highest BCUT2D eigenvalue weighted by molar-refractivity contribution is 14.0. The van der Waals surface area contributed by atoms with Crippen molar-refractivity contribution in [1.82, 2.24) is 4.72 Å². The molecule has 0 aliphatic carbocycles. The number of benzene rings is 1. The zero-order valence-electron chi connectivity index (χ0n) is 11.8. The van der Waals surface area contributed by atoms with Crippen LogP contribution in [0, 0.1) is 0 Å². The third-order valence-corrected chi connectivity index (χ3v) is 3.99. The molecular weight excluding hydrogens is 391 g/mol. The second-order valence-corrected chi connectivity index (χ2v) is 6.86. The monoisotopic (exact) mass is 412 g/mol. The van der Waals surface area contributed by atoms with Crippen LogP contribution in [0.5, 0.6) is 0 Å². The summed E-state index contributed by atoms with van der Waals surface area (Å²) in [4.78, 5) is 4.04. The van der Waals surface area contributed by atoms with Gasteiger partial charge in [-0.05, 0) is 32.4 Å². The third-order valence-electron chi connectivity index (χ3n) is 2.13. The average Bonchev–Trinajstić information content (AvgIpc) is 2.23. The fourth-order valence-electron chi connectivity index (χ4n) is 1.53. The van der Waals surface area contributed by atoms with Crippen LogP contribution in [0.25, 0.3) is 0 Å². The number of aliphatic imine (C=N–C) groups is 1. The molecule has 20 heavy (non-hydrogen) atoms. The summed E-state index contributed by atoms with van der Waals surface area (Å²) in [7, 11) is -3.60. The molecule has 0 spiro atoms. The highest BCUT2D eigenvalue weighted by Gasteiger charge is 2.23. The van der Waals surface area contributed by atoms with Crippen molar-refractivity contribution in [3.63, 3.8) is 0 Å². The van der Waals surface area contributed by atoms with Crippen molar-refractivity contribution in [2.75, 3.05) is 0 Å². The van der Waals surface area contributed by atoms with Gasteiger partial charge in [0.2, 0.25) is 10.0 Å². The SMILES string of the molecule is CC(C)(C)NS(=O)(=O)c1ccccc1CN=C(N)N.I. The first-order valence-corrected chi connectivity index (χ1v) is 7.27. The van der Waals surface area contributed by atoms with Crippen molar-refractivity contribution >= 4 is 40.0 Å². The van der Waals surface area contributed by atoms with E-state index in [1.54, 1.807) is 39.0 Å². The van der Waals surface area contributed by atoms with Crippen LogP contribution >= 0.6 is 24.0 Å². The lowest BCUT2D eigenvalue weighted by Crippen LogP contribution is -2.40. The summed E-state index contributed by atoms with van der Waals surface area (Å²) in [6.07, 6.45) is 0. The number of rotatable bonds is 4. The van der Waals surface area contributed by atoms with Crippen LogP contribution < -0.4 is 16.2 Å². The van der Waals surface area contributed by atoms with Crippen LogP contribution in [0.1, 0.15) is 26.3 Å². The zero-order valence-corrected chi connectivity index (χ0v) is 14.9. The highest BCUT2D eigenvalue weighted by Crippen LogP contribution is 2.18. The lowest BCUT2D eigenvalue weighted by Gasteiger charge is -2.21. The minimum Gasteiger partial charge on any atom is -0.370 e. The van der Waals surface area contributed by atoms with Crippen molar-refractivity contribution < 1.29 is 8.42 Å². The van der Waals surface area contributed by atoms with Gasteiger partial charge < -0.3 is 11.5 Å². The van der Waals surface area contributed by atoms with E-state index in [0.717, 1.165) is 0 Å². The Kier molecular flexibility index (Phi) is 6.91. The van der Waals surface area contributed by atoms with Gasteiger partial charge in [-0.3, -0.25) is 0 Å². The molecule has 0 radical (unpaired) electrons. The van der Waals surface area contributed by atoms with Crippen LogP contribution in [0.4, 0.5) is 0 Å². The Labute approximate surface area is 137 Å². The second-order valence-electron chi connectivity index (χ2n) is 5.20. The van der Waals surface area contributed by atoms with Gasteiger partial charge in [0.1, 0.15) is 0 Å². The number of nitrogens with two attached hydrogens (primary N) is 2. The number of guanidine groups is 1. The van der Waals surface area contributed by atoms with Gasteiger partial charge in [-0.1, -0.05) is 18.2 Å². The van der Waals surface area contributed by atoms with E-state index in [1.807, 2.05) is 0 Å². The number of nitrogens with one attached hydrogen (secondary N) is 1. The highest BCUT2D eigenvalue weighted by atomic mass is 127. The van der Waals surface area contributed by atoms with Crippen LogP contribution in [-0.2, 0) is 16.6 Å². The van der Waals surface area contributed by atoms with Crippen LogP contribution in [0.15, 0.2) is 34.2 Å².